The maximum atomic E-state index is 12.6. The number of carbonyl (C=O) groups excluding carboxylic acids is 1. The van der Waals surface area contributed by atoms with Crippen LogP contribution in [-0.2, 0) is 5.41 Å². The summed E-state index contributed by atoms with van der Waals surface area (Å²) in [5.74, 6) is -1.90. The monoisotopic (exact) mass is 302 g/mol. The highest BCUT2D eigenvalue weighted by atomic mass is 16.4. The van der Waals surface area contributed by atoms with Gasteiger partial charge < -0.3 is 10.1 Å². The highest BCUT2D eigenvalue weighted by Gasteiger charge is 2.37. The number of carboxylic acids is 1. The second-order valence-electron chi connectivity index (χ2n) is 5.28. The van der Waals surface area contributed by atoms with Gasteiger partial charge in [-0.3, -0.25) is 14.6 Å². The van der Waals surface area contributed by atoms with Gasteiger partial charge >= 0.3 is 11.7 Å². The van der Waals surface area contributed by atoms with Gasteiger partial charge in [0.25, 0.3) is 5.56 Å². The van der Waals surface area contributed by atoms with Gasteiger partial charge in [-0.2, -0.15) is 0 Å². The third-order valence-corrected chi connectivity index (χ3v) is 3.39. The second kappa shape index (κ2) is 5.44. The highest BCUT2D eigenvalue weighted by molar-refractivity contribution is 6.05. The molecule has 0 unspecified atom stereocenters. The molecule has 0 aliphatic carbocycles. The van der Waals surface area contributed by atoms with Crippen LogP contribution in [0.4, 0.5) is 0 Å². The number of carbonyl (C=O) groups is 2. The van der Waals surface area contributed by atoms with E-state index in [4.69, 9.17) is 0 Å². The average Bonchev–Trinajstić information content (AvgIpc) is 2.46. The molecule has 3 N–H and O–H groups in total. The fourth-order valence-electron chi connectivity index (χ4n) is 2.31. The fraction of sp³-hybridized carbons (Fsp3) is 0.200. The SMILES string of the molecule is CC(C)(C(=O)c1ccccc1)c1c(C(=O)O)[nH]c(=O)[nH]c1=O. The van der Waals surface area contributed by atoms with Crippen LogP contribution in [0, 0.1) is 0 Å². The van der Waals surface area contributed by atoms with Gasteiger partial charge in [-0.15, -0.1) is 0 Å². The molecule has 0 spiro atoms. The first kappa shape index (κ1) is 15.4. The lowest BCUT2D eigenvalue weighted by Gasteiger charge is -2.23. The minimum absolute atomic E-state index is 0.284. The van der Waals surface area contributed by atoms with Crippen LogP contribution in [0.1, 0.15) is 40.3 Å². The number of nitrogens with one attached hydrogen (secondary N) is 2. The molecule has 0 amide bonds. The second-order valence-corrected chi connectivity index (χ2v) is 5.28. The van der Waals surface area contributed by atoms with Gasteiger partial charge in [0.2, 0.25) is 0 Å². The normalized spacial score (nSPS) is 11.2. The molecule has 114 valence electrons. The van der Waals surface area contributed by atoms with Crippen molar-refractivity contribution in [1.29, 1.82) is 0 Å². The van der Waals surface area contributed by atoms with Crippen LogP contribution in [0.5, 0.6) is 0 Å². The Balaban J connectivity index is 2.69. The summed E-state index contributed by atoms with van der Waals surface area (Å²) in [6, 6.07) is 8.21. The van der Waals surface area contributed by atoms with E-state index in [-0.39, 0.29) is 5.56 Å². The number of hydrogen-bond acceptors (Lipinski definition) is 4. The molecule has 22 heavy (non-hydrogen) atoms. The van der Waals surface area contributed by atoms with Crippen molar-refractivity contribution in [3.05, 3.63) is 68.0 Å². The number of Topliss-reactive ketones (excluding diaryl/α,β-unsaturated/α-hetero) is 1. The lowest BCUT2D eigenvalue weighted by atomic mass is 9.77. The fourth-order valence-corrected chi connectivity index (χ4v) is 2.31. The van der Waals surface area contributed by atoms with E-state index < -0.39 is 34.1 Å². The predicted molar refractivity (Wildman–Crippen MR) is 78.4 cm³/mol. The van der Waals surface area contributed by atoms with Crippen LogP contribution in [0.25, 0.3) is 0 Å². The van der Waals surface area contributed by atoms with Crippen molar-refractivity contribution >= 4 is 11.8 Å². The van der Waals surface area contributed by atoms with Gasteiger partial charge in [0.15, 0.2) is 5.78 Å². The van der Waals surface area contributed by atoms with Gasteiger partial charge in [-0.05, 0) is 13.8 Å². The van der Waals surface area contributed by atoms with Crippen molar-refractivity contribution in [1.82, 2.24) is 9.97 Å². The van der Waals surface area contributed by atoms with Crippen LogP contribution in [0.3, 0.4) is 0 Å². The Bertz CT molecular complexity index is 846. The van der Waals surface area contributed by atoms with Crippen molar-refractivity contribution < 1.29 is 14.7 Å². The van der Waals surface area contributed by atoms with E-state index in [1.165, 1.54) is 13.8 Å². The molecule has 0 fully saturated rings. The van der Waals surface area contributed by atoms with Crippen molar-refractivity contribution in [2.75, 3.05) is 0 Å². The molecule has 2 aromatic rings. The third kappa shape index (κ3) is 2.60. The summed E-state index contributed by atoms with van der Waals surface area (Å²) in [6.07, 6.45) is 0. The van der Waals surface area contributed by atoms with Crippen LogP contribution in [0.2, 0.25) is 0 Å². The van der Waals surface area contributed by atoms with E-state index >= 15 is 0 Å². The minimum atomic E-state index is -1.48. The molecule has 2 rings (SSSR count). The number of hydrogen-bond donors (Lipinski definition) is 3. The number of aromatic amines is 2. The van der Waals surface area contributed by atoms with E-state index in [9.17, 15) is 24.3 Å². The molecule has 1 heterocycles. The Morgan fingerprint density at radius 2 is 1.64 bits per heavy atom. The summed E-state index contributed by atoms with van der Waals surface area (Å²) >= 11 is 0. The zero-order valence-corrected chi connectivity index (χ0v) is 12.0. The zero-order chi connectivity index (χ0) is 16.5. The lowest BCUT2D eigenvalue weighted by Crippen LogP contribution is -2.41. The van der Waals surface area contributed by atoms with Crippen molar-refractivity contribution in [2.24, 2.45) is 0 Å². The number of ketones is 1. The van der Waals surface area contributed by atoms with Gasteiger partial charge in [0.1, 0.15) is 5.69 Å². The van der Waals surface area contributed by atoms with E-state index in [2.05, 4.69) is 4.98 Å². The number of H-pyrrole nitrogens is 2. The Morgan fingerprint density at radius 1 is 1.05 bits per heavy atom. The number of aromatic nitrogens is 2. The summed E-state index contributed by atoms with van der Waals surface area (Å²) in [6.45, 7) is 2.88. The van der Waals surface area contributed by atoms with Crippen LogP contribution in [-0.4, -0.2) is 26.8 Å². The summed E-state index contributed by atoms with van der Waals surface area (Å²) in [7, 11) is 0. The predicted octanol–water partition coefficient (Wildman–Crippen LogP) is 0.922. The van der Waals surface area contributed by atoms with Crippen LogP contribution in [0.15, 0.2) is 39.9 Å². The van der Waals surface area contributed by atoms with Gasteiger partial charge in [-0.25, -0.2) is 9.59 Å². The maximum absolute atomic E-state index is 12.6. The van der Waals surface area contributed by atoms with E-state index in [1.807, 2.05) is 4.98 Å². The average molecular weight is 302 g/mol. The highest BCUT2D eigenvalue weighted by Crippen LogP contribution is 2.26. The molecule has 7 nitrogen and oxygen atoms in total. The molecule has 0 aliphatic heterocycles. The third-order valence-electron chi connectivity index (χ3n) is 3.39. The molecule has 0 aliphatic rings. The number of aromatic carboxylic acids is 1. The molecule has 0 saturated heterocycles. The van der Waals surface area contributed by atoms with E-state index in [0.29, 0.717) is 5.56 Å². The molecule has 0 bridgehead atoms. The van der Waals surface area contributed by atoms with Gasteiger partial charge in [0.05, 0.1) is 11.0 Å². The zero-order valence-electron chi connectivity index (χ0n) is 12.0. The molecule has 7 heteroatoms. The summed E-state index contributed by atoms with van der Waals surface area (Å²) < 4.78 is 0. The van der Waals surface area contributed by atoms with Gasteiger partial charge in [-0.1, -0.05) is 30.3 Å². The standard InChI is InChI=1S/C15H14N2O5/c1-15(2,11(18)8-6-4-3-5-7-8)9-10(13(20)21)16-14(22)17-12(9)19/h3-7H,1-2H3,(H,20,21)(H2,16,17,19,22). The lowest BCUT2D eigenvalue weighted by molar-refractivity contribution is 0.0686. The molecular formula is C15H14N2O5. The molecule has 0 radical (unpaired) electrons. The molecule has 0 atom stereocenters. The summed E-state index contributed by atoms with van der Waals surface area (Å²) in [4.78, 5) is 51.3. The topological polar surface area (TPSA) is 120 Å². The summed E-state index contributed by atoms with van der Waals surface area (Å²) in [5.41, 5.74) is -3.78. The summed E-state index contributed by atoms with van der Waals surface area (Å²) in [5, 5.41) is 9.20. The Labute approximate surface area is 124 Å². The molecule has 0 saturated carbocycles. The number of benzene rings is 1. The van der Waals surface area contributed by atoms with Gasteiger partial charge in [0, 0.05) is 5.56 Å². The number of carboxylic acid groups (broad SMARTS) is 1. The first-order valence-corrected chi connectivity index (χ1v) is 6.45. The molecular weight excluding hydrogens is 288 g/mol. The Hall–Kier alpha value is -2.96. The van der Waals surface area contributed by atoms with Crippen molar-refractivity contribution in [2.45, 2.75) is 19.3 Å². The first-order valence-electron chi connectivity index (χ1n) is 6.45. The smallest absolute Gasteiger partial charge is 0.352 e. The molecule has 1 aromatic carbocycles. The first-order chi connectivity index (χ1) is 10.2. The Kier molecular flexibility index (Phi) is 3.81. The maximum Gasteiger partial charge on any atom is 0.352 e. The van der Waals surface area contributed by atoms with Crippen LogP contribution >= 0.6 is 0 Å². The Morgan fingerprint density at radius 3 is 2.18 bits per heavy atom. The largest absolute Gasteiger partial charge is 0.477 e. The number of rotatable bonds is 4. The van der Waals surface area contributed by atoms with Crippen molar-refractivity contribution in [3.63, 3.8) is 0 Å². The molecule has 1 aromatic heterocycles. The van der Waals surface area contributed by atoms with Crippen molar-refractivity contribution in [3.8, 4) is 0 Å². The van der Waals surface area contributed by atoms with Crippen LogP contribution < -0.4 is 11.2 Å². The van der Waals surface area contributed by atoms with E-state index in [0.717, 1.165) is 0 Å². The van der Waals surface area contributed by atoms with E-state index in [1.54, 1.807) is 30.3 Å². The minimum Gasteiger partial charge on any atom is -0.477 e. The quantitative estimate of drug-likeness (QED) is 0.725.